The van der Waals surface area contributed by atoms with E-state index >= 15 is 0 Å². The first-order valence-electron chi connectivity index (χ1n) is 7.24. The molecule has 0 unspecified atom stereocenters. The number of aromatic nitrogens is 1. The largest absolute Gasteiger partial charge is 0.365 e. The fraction of sp³-hybridized carbons (Fsp3) is 0.533. The molecule has 2 heterocycles. The van der Waals surface area contributed by atoms with Crippen molar-refractivity contribution in [3.8, 4) is 0 Å². The van der Waals surface area contributed by atoms with Crippen LogP contribution in [-0.4, -0.2) is 73.0 Å². The molecule has 1 aliphatic heterocycles. The lowest BCUT2D eigenvalue weighted by Crippen LogP contribution is -2.49. The Morgan fingerprint density at radius 1 is 1.50 bits per heavy atom. The first-order chi connectivity index (χ1) is 10.5. The van der Waals surface area contributed by atoms with Crippen LogP contribution in [0.15, 0.2) is 24.5 Å². The molecule has 0 radical (unpaired) electrons. The van der Waals surface area contributed by atoms with Crippen LogP contribution in [0.3, 0.4) is 0 Å². The van der Waals surface area contributed by atoms with Crippen molar-refractivity contribution in [2.45, 2.75) is 12.6 Å². The lowest BCUT2D eigenvalue weighted by atomic mass is 10.2. The molecule has 1 N–H and O–H groups in total. The number of hydrogen-bond donors (Lipinski definition) is 1. The Balaban J connectivity index is 1.68. The second-order valence-corrected chi connectivity index (χ2v) is 5.54. The van der Waals surface area contributed by atoms with Gasteiger partial charge in [0.05, 0.1) is 12.6 Å². The summed E-state index contributed by atoms with van der Waals surface area (Å²) in [5.74, 6) is -0.0839. The number of nitrogens with zero attached hydrogens (tertiary/aromatic N) is 3. The number of morpholine rings is 1. The van der Waals surface area contributed by atoms with Crippen LogP contribution in [0.5, 0.6) is 0 Å². The SMILES string of the molecule is CN(CC(=O)NC[C@@H]1CN(C)C(=O)CO1)Cc1ccncc1. The first-order valence-corrected chi connectivity index (χ1v) is 7.24. The van der Waals surface area contributed by atoms with Gasteiger partial charge >= 0.3 is 0 Å². The third-order valence-electron chi connectivity index (χ3n) is 3.49. The zero-order chi connectivity index (χ0) is 15.9. The van der Waals surface area contributed by atoms with Gasteiger partial charge in [0.25, 0.3) is 0 Å². The minimum atomic E-state index is -0.142. The second-order valence-electron chi connectivity index (χ2n) is 5.54. The van der Waals surface area contributed by atoms with Crippen LogP contribution in [0.25, 0.3) is 0 Å². The van der Waals surface area contributed by atoms with Gasteiger partial charge in [0.2, 0.25) is 11.8 Å². The third kappa shape index (κ3) is 5.09. The van der Waals surface area contributed by atoms with E-state index in [9.17, 15) is 9.59 Å². The molecule has 22 heavy (non-hydrogen) atoms. The van der Waals surface area contributed by atoms with Crippen molar-refractivity contribution in [2.75, 3.05) is 40.3 Å². The monoisotopic (exact) mass is 306 g/mol. The fourth-order valence-corrected chi connectivity index (χ4v) is 2.27. The highest BCUT2D eigenvalue weighted by atomic mass is 16.5. The topological polar surface area (TPSA) is 74.8 Å². The highest BCUT2D eigenvalue weighted by molar-refractivity contribution is 5.78. The van der Waals surface area contributed by atoms with Crippen LogP contribution in [0.2, 0.25) is 0 Å². The molecule has 1 fully saturated rings. The van der Waals surface area contributed by atoms with E-state index in [0.29, 0.717) is 26.2 Å². The zero-order valence-electron chi connectivity index (χ0n) is 13.0. The lowest BCUT2D eigenvalue weighted by molar-refractivity contribution is -0.146. The Hall–Kier alpha value is -1.99. The van der Waals surface area contributed by atoms with Crippen molar-refractivity contribution in [1.82, 2.24) is 20.1 Å². The predicted molar refractivity (Wildman–Crippen MR) is 81.0 cm³/mol. The quantitative estimate of drug-likeness (QED) is 0.766. The molecular formula is C15H22N4O3. The summed E-state index contributed by atoms with van der Waals surface area (Å²) in [4.78, 5) is 30.8. The van der Waals surface area contributed by atoms with E-state index in [2.05, 4.69) is 10.3 Å². The van der Waals surface area contributed by atoms with Gasteiger partial charge in [-0.2, -0.15) is 0 Å². The number of rotatable bonds is 6. The molecule has 2 amide bonds. The van der Waals surface area contributed by atoms with Crippen LogP contribution in [0, 0.1) is 0 Å². The van der Waals surface area contributed by atoms with Crippen LogP contribution in [0.4, 0.5) is 0 Å². The number of amides is 2. The van der Waals surface area contributed by atoms with E-state index in [1.807, 2.05) is 24.1 Å². The van der Waals surface area contributed by atoms with Crippen molar-refractivity contribution in [3.05, 3.63) is 30.1 Å². The minimum Gasteiger partial charge on any atom is -0.365 e. The molecule has 1 aromatic rings. The van der Waals surface area contributed by atoms with Crippen LogP contribution < -0.4 is 5.32 Å². The molecular weight excluding hydrogens is 284 g/mol. The summed E-state index contributed by atoms with van der Waals surface area (Å²) in [5.41, 5.74) is 1.11. The number of nitrogens with one attached hydrogen (secondary N) is 1. The highest BCUT2D eigenvalue weighted by Crippen LogP contribution is 2.03. The van der Waals surface area contributed by atoms with Crippen molar-refractivity contribution in [3.63, 3.8) is 0 Å². The summed E-state index contributed by atoms with van der Waals surface area (Å²) >= 11 is 0. The molecule has 0 saturated carbocycles. The summed E-state index contributed by atoms with van der Waals surface area (Å²) < 4.78 is 5.39. The van der Waals surface area contributed by atoms with Gasteiger partial charge in [0, 0.05) is 39.1 Å². The molecule has 1 saturated heterocycles. The third-order valence-corrected chi connectivity index (χ3v) is 3.49. The molecule has 0 bridgehead atoms. The van der Waals surface area contributed by atoms with Crippen LogP contribution in [-0.2, 0) is 20.9 Å². The molecule has 7 nitrogen and oxygen atoms in total. The number of pyridine rings is 1. The van der Waals surface area contributed by atoms with Crippen molar-refractivity contribution >= 4 is 11.8 Å². The second kappa shape index (κ2) is 7.86. The Kier molecular flexibility index (Phi) is 5.85. The number of carbonyl (C=O) groups is 2. The number of likely N-dealkylation sites (N-methyl/N-ethyl adjacent to an activating group) is 2. The first kappa shape index (κ1) is 16.4. The van der Waals surface area contributed by atoms with Crippen molar-refractivity contribution < 1.29 is 14.3 Å². The summed E-state index contributed by atoms with van der Waals surface area (Å²) in [6.45, 7) is 2.00. The van der Waals surface area contributed by atoms with Gasteiger partial charge in [0.1, 0.15) is 6.61 Å². The Morgan fingerprint density at radius 2 is 2.23 bits per heavy atom. The van der Waals surface area contributed by atoms with E-state index < -0.39 is 0 Å². The predicted octanol–water partition coefficient (Wildman–Crippen LogP) is -0.513. The van der Waals surface area contributed by atoms with E-state index in [-0.39, 0.29) is 24.5 Å². The smallest absolute Gasteiger partial charge is 0.248 e. The van der Waals surface area contributed by atoms with Gasteiger partial charge in [-0.3, -0.25) is 19.5 Å². The van der Waals surface area contributed by atoms with E-state index in [0.717, 1.165) is 5.56 Å². The average Bonchev–Trinajstić information content (AvgIpc) is 2.49. The minimum absolute atomic E-state index is 0.0281. The molecule has 2 rings (SSSR count). The normalized spacial score (nSPS) is 18.6. The molecule has 120 valence electrons. The molecule has 7 heteroatoms. The Bertz CT molecular complexity index is 509. The van der Waals surface area contributed by atoms with Gasteiger partial charge in [-0.1, -0.05) is 0 Å². The van der Waals surface area contributed by atoms with Crippen LogP contribution in [0.1, 0.15) is 5.56 Å². The summed E-state index contributed by atoms with van der Waals surface area (Å²) in [7, 11) is 3.63. The van der Waals surface area contributed by atoms with Gasteiger partial charge in [-0.25, -0.2) is 0 Å². The molecule has 0 spiro atoms. The van der Waals surface area contributed by atoms with E-state index in [1.54, 1.807) is 24.3 Å². The summed E-state index contributed by atoms with van der Waals surface area (Å²) in [5, 5.41) is 2.85. The van der Waals surface area contributed by atoms with Gasteiger partial charge in [0.15, 0.2) is 0 Å². The molecule has 1 atom stereocenters. The van der Waals surface area contributed by atoms with Crippen molar-refractivity contribution in [1.29, 1.82) is 0 Å². The highest BCUT2D eigenvalue weighted by Gasteiger charge is 2.23. The number of hydrogen-bond acceptors (Lipinski definition) is 5. The van der Waals surface area contributed by atoms with Gasteiger partial charge in [-0.15, -0.1) is 0 Å². The molecule has 1 aromatic heterocycles. The van der Waals surface area contributed by atoms with Gasteiger partial charge < -0.3 is 15.0 Å². The Morgan fingerprint density at radius 3 is 2.91 bits per heavy atom. The maximum absolute atomic E-state index is 11.9. The standard InChI is InChI=1S/C15H22N4O3/c1-18(8-12-3-5-16-6-4-12)10-14(20)17-7-13-9-19(2)15(21)11-22-13/h3-6,13H,7-11H2,1-2H3,(H,17,20)/t13-/m1/s1. The van der Waals surface area contributed by atoms with E-state index in [1.165, 1.54) is 0 Å². The lowest BCUT2D eigenvalue weighted by Gasteiger charge is -2.30. The maximum Gasteiger partial charge on any atom is 0.248 e. The maximum atomic E-state index is 11.9. The molecule has 0 aromatic carbocycles. The zero-order valence-corrected chi connectivity index (χ0v) is 13.0. The Labute approximate surface area is 130 Å². The molecule has 0 aliphatic carbocycles. The van der Waals surface area contributed by atoms with Gasteiger partial charge in [-0.05, 0) is 24.7 Å². The average molecular weight is 306 g/mol. The van der Waals surface area contributed by atoms with Crippen molar-refractivity contribution in [2.24, 2.45) is 0 Å². The summed E-state index contributed by atoms with van der Waals surface area (Å²) in [6, 6.07) is 3.86. The summed E-state index contributed by atoms with van der Waals surface area (Å²) in [6.07, 6.45) is 3.33. The number of ether oxygens (including phenoxy) is 1. The number of carbonyl (C=O) groups excluding carboxylic acids is 2. The molecule has 1 aliphatic rings. The fourth-order valence-electron chi connectivity index (χ4n) is 2.27. The van der Waals surface area contributed by atoms with E-state index in [4.69, 9.17) is 4.74 Å². The van der Waals surface area contributed by atoms with Crippen LogP contribution >= 0.6 is 0 Å².